The largest absolute Gasteiger partial charge is 0.378 e. The van der Waals surface area contributed by atoms with Crippen molar-refractivity contribution < 1.29 is 4.79 Å². The van der Waals surface area contributed by atoms with Gasteiger partial charge in [0.25, 0.3) is 5.24 Å². The molecule has 2 rings (SSSR count). The van der Waals surface area contributed by atoms with Crippen LogP contribution < -0.4 is 11.1 Å². The fourth-order valence-electron chi connectivity index (χ4n) is 1.77. The van der Waals surface area contributed by atoms with Gasteiger partial charge in [0.15, 0.2) is 5.17 Å². The van der Waals surface area contributed by atoms with Crippen molar-refractivity contribution in [3.8, 4) is 0 Å². The molecule has 0 unspecified atom stereocenters. The summed E-state index contributed by atoms with van der Waals surface area (Å²) in [6.07, 6.45) is 0. The molecule has 0 aromatic heterocycles. The number of aliphatic imine (C=N–C) groups is 1. The lowest BCUT2D eigenvalue weighted by Gasteiger charge is -2.07. The van der Waals surface area contributed by atoms with E-state index in [-0.39, 0.29) is 10.4 Å². The number of amidine groups is 1. The number of nitrogens with zero attached hydrogens (tertiary/aromatic N) is 1. The van der Waals surface area contributed by atoms with Crippen molar-refractivity contribution in [2.45, 2.75) is 13.8 Å². The summed E-state index contributed by atoms with van der Waals surface area (Å²) in [5.74, 6) is 0. The highest BCUT2D eigenvalue weighted by atomic mass is 32.2. The van der Waals surface area contributed by atoms with Crippen molar-refractivity contribution >= 4 is 33.5 Å². The zero-order chi connectivity index (χ0) is 15.2. The van der Waals surface area contributed by atoms with Crippen molar-refractivity contribution in [1.82, 2.24) is 0 Å². The van der Waals surface area contributed by atoms with E-state index in [9.17, 15) is 4.79 Å². The zero-order valence-electron chi connectivity index (χ0n) is 12.0. The van der Waals surface area contributed by atoms with Crippen LogP contribution in [-0.4, -0.2) is 10.4 Å². The van der Waals surface area contributed by atoms with Crippen LogP contribution in [0.4, 0.5) is 16.2 Å². The number of benzene rings is 2. The van der Waals surface area contributed by atoms with Crippen LogP contribution in [0.3, 0.4) is 0 Å². The molecule has 0 aliphatic carbocycles. The molecule has 108 valence electrons. The molecular weight excluding hydrogens is 282 g/mol. The highest BCUT2D eigenvalue weighted by molar-refractivity contribution is 8.26. The maximum atomic E-state index is 11.9. The number of carbonyl (C=O) groups excluding carboxylic acids is 1. The van der Waals surface area contributed by atoms with Crippen LogP contribution in [0.15, 0.2) is 53.5 Å². The van der Waals surface area contributed by atoms with Crippen LogP contribution in [0.25, 0.3) is 0 Å². The Hall–Kier alpha value is -2.27. The van der Waals surface area contributed by atoms with Crippen LogP contribution in [-0.2, 0) is 0 Å². The van der Waals surface area contributed by atoms with Crippen molar-refractivity contribution in [3.63, 3.8) is 0 Å². The molecule has 0 fully saturated rings. The number of aryl methyl sites for hydroxylation is 2. The summed E-state index contributed by atoms with van der Waals surface area (Å²) < 4.78 is 0. The number of carbonyl (C=O) groups is 1. The maximum Gasteiger partial charge on any atom is 0.291 e. The number of rotatable bonds is 2. The van der Waals surface area contributed by atoms with Crippen LogP contribution in [0.5, 0.6) is 0 Å². The smallest absolute Gasteiger partial charge is 0.291 e. The molecule has 0 saturated carbocycles. The third-order valence-corrected chi connectivity index (χ3v) is 3.51. The van der Waals surface area contributed by atoms with Crippen LogP contribution in [0.1, 0.15) is 11.1 Å². The first kappa shape index (κ1) is 15.1. The molecule has 0 heterocycles. The number of nitrogens with one attached hydrogen (secondary N) is 1. The van der Waals surface area contributed by atoms with Gasteiger partial charge in [0, 0.05) is 17.4 Å². The first-order valence-electron chi connectivity index (χ1n) is 6.50. The lowest BCUT2D eigenvalue weighted by molar-refractivity contribution is 0.270. The summed E-state index contributed by atoms with van der Waals surface area (Å²) in [5, 5.41) is 2.77. The first-order valence-corrected chi connectivity index (χ1v) is 7.32. The standard InChI is InChI=1S/C16H17N3OS/c1-11-7-3-5-9-13(11)18-15(17)21-16(20)19-14-10-6-4-8-12(14)2/h3-10H,1-2H3,(H2,17,18)(H,19,20). The molecular formula is C16H17N3OS. The van der Waals surface area contributed by atoms with Gasteiger partial charge in [-0.3, -0.25) is 4.79 Å². The van der Waals surface area contributed by atoms with Gasteiger partial charge in [-0.15, -0.1) is 0 Å². The Labute approximate surface area is 128 Å². The second-order valence-electron chi connectivity index (χ2n) is 4.57. The van der Waals surface area contributed by atoms with Crippen LogP contribution >= 0.6 is 11.8 Å². The molecule has 21 heavy (non-hydrogen) atoms. The normalized spacial score (nSPS) is 11.2. The van der Waals surface area contributed by atoms with Gasteiger partial charge in [-0.1, -0.05) is 36.4 Å². The highest BCUT2D eigenvalue weighted by Crippen LogP contribution is 2.20. The lowest BCUT2D eigenvalue weighted by Crippen LogP contribution is -2.14. The molecule has 0 spiro atoms. The number of anilines is 1. The third-order valence-electron chi connectivity index (χ3n) is 2.93. The summed E-state index contributed by atoms with van der Waals surface area (Å²) in [6, 6.07) is 15.2. The van der Waals surface area contributed by atoms with E-state index in [1.165, 1.54) is 0 Å². The van der Waals surface area contributed by atoms with Gasteiger partial charge in [0.05, 0.1) is 5.69 Å². The predicted molar refractivity (Wildman–Crippen MR) is 90.3 cm³/mol. The fraction of sp³-hybridized carbons (Fsp3) is 0.125. The molecule has 0 aliphatic rings. The minimum absolute atomic E-state index is 0.218. The van der Waals surface area contributed by atoms with E-state index in [2.05, 4.69) is 10.3 Å². The maximum absolute atomic E-state index is 11.9. The number of thioether (sulfide) groups is 1. The number of amides is 1. The van der Waals surface area contributed by atoms with Crippen LogP contribution in [0.2, 0.25) is 0 Å². The molecule has 0 saturated heterocycles. The number of para-hydroxylation sites is 2. The third kappa shape index (κ3) is 4.36. The summed E-state index contributed by atoms with van der Waals surface area (Å²) in [6.45, 7) is 3.88. The van der Waals surface area contributed by atoms with Crippen molar-refractivity contribution in [2.75, 3.05) is 5.32 Å². The number of hydrogen-bond donors (Lipinski definition) is 2. The van der Waals surface area contributed by atoms with Gasteiger partial charge in [0.2, 0.25) is 0 Å². The summed E-state index contributed by atoms with van der Waals surface area (Å²) in [4.78, 5) is 16.2. The molecule has 1 amide bonds. The van der Waals surface area contributed by atoms with E-state index in [1.54, 1.807) is 0 Å². The molecule has 0 atom stereocenters. The molecule has 2 aromatic carbocycles. The van der Waals surface area contributed by atoms with Gasteiger partial charge in [-0.25, -0.2) is 4.99 Å². The topological polar surface area (TPSA) is 67.5 Å². The number of nitrogens with two attached hydrogens (primary N) is 1. The van der Waals surface area contributed by atoms with Gasteiger partial charge in [0.1, 0.15) is 0 Å². The van der Waals surface area contributed by atoms with Gasteiger partial charge in [-0.05, 0) is 37.1 Å². The second kappa shape index (κ2) is 6.95. The summed E-state index contributed by atoms with van der Waals surface area (Å²) in [7, 11) is 0. The van der Waals surface area contributed by atoms with Gasteiger partial charge in [-0.2, -0.15) is 0 Å². The minimum atomic E-state index is -0.251. The molecule has 0 bridgehead atoms. The average molecular weight is 299 g/mol. The Morgan fingerprint density at radius 2 is 1.67 bits per heavy atom. The van der Waals surface area contributed by atoms with E-state index < -0.39 is 0 Å². The molecule has 3 N–H and O–H groups in total. The zero-order valence-corrected chi connectivity index (χ0v) is 12.8. The fourth-order valence-corrected chi connectivity index (χ4v) is 2.27. The quantitative estimate of drug-likeness (QED) is 0.644. The molecule has 2 aromatic rings. The van der Waals surface area contributed by atoms with Crippen LogP contribution in [0, 0.1) is 13.8 Å². The van der Waals surface area contributed by atoms with Crippen molar-refractivity contribution in [2.24, 2.45) is 10.7 Å². The predicted octanol–water partition coefficient (Wildman–Crippen LogP) is 4.21. The lowest BCUT2D eigenvalue weighted by atomic mass is 10.2. The monoisotopic (exact) mass is 299 g/mol. The van der Waals surface area contributed by atoms with E-state index in [1.807, 2.05) is 62.4 Å². The SMILES string of the molecule is Cc1ccccc1N=C(N)SC(=O)Nc1ccccc1C. The average Bonchev–Trinajstić information content (AvgIpc) is 2.44. The summed E-state index contributed by atoms with van der Waals surface area (Å²) in [5.41, 5.74) is 9.38. The Kier molecular flexibility index (Phi) is 5.00. The summed E-state index contributed by atoms with van der Waals surface area (Å²) >= 11 is 0.884. The van der Waals surface area contributed by atoms with Gasteiger partial charge >= 0.3 is 0 Å². The Morgan fingerprint density at radius 1 is 1.05 bits per heavy atom. The Balaban J connectivity index is 2.03. The molecule has 0 aliphatic heterocycles. The van der Waals surface area contributed by atoms with Crippen molar-refractivity contribution in [3.05, 3.63) is 59.7 Å². The Morgan fingerprint density at radius 3 is 2.33 bits per heavy atom. The Bertz CT molecular complexity index is 683. The number of hydrogen-bond acceptors (Lipinski definition) is 3. The van der Waals surface area contributed by atoms with E-state index in [0.717, 1.165) is 34.3 Å². The van der Waals surface area contributed by atoms with E-state index in [4.69, 9.17) is 5.73 Å². The minimum Gasteiger partial charge on any atom is -0.378 e. The second-order valence-corrected chi connectivity index (χ2v) is 5.56. The highest BCUT2D eigenvalue weighted by Gasteiger charge is 2.08. The van der Waals surface area contributed by atoms with E-state index >= 15 is 0 Å². The molecule has 4 nitrogen and oxygen atoms in total. The molecule has 0 radical (unpaired) electrons. The first-order chi connectivity index (χ1) is 10.1. The van der Waals surface area contributed by atoms with Gasteiger partial charge < -0.3 is 11.1 Å². The molecule has 5 heteroatoms. The van der Waals surface area contributed by atoms with E-state index in [0.29, 0.717) is 0 Å². The van der Waals surface area contributed by atoms with Crippen molar-refractivity contribution in [1.29, 1.82) is 0 Å².